The first-order valence-electron chi connectivity index (χ1n) is 37.2. The van der Waals surface area contributed by atoms with Gasteiger partial charge >= 0.3 is 16.8 Å². The van der Waals surface area contributed by atoms with Gasteiger partial charge < -0.3 is 28.4 Å². The number of hydrogen-bond donors (Lipinski definition) is 0. The summed E-state index contributed by atoms with van der Waals surface area (Å²) in [6, 6.07) is 0. The smallest absolute Gasteiger partial charge is 0.799 e. The summed E-state index contributed by atoms with van der Waals surface area (Å²) < 4.78 is 36.4. The maximum absolute atomic E-state index is 12.1. The van der Waals surface area contributed by atoms with Crippen molar-refractivity contribution in [2.45, 2.75) is 427 Å². The first-order chi connectivity index (χ1) is 39.4. The maximum Gasteiger partial charge on any atom is 3.00 e. The Balaban J connectivity index is -0.000000553. The number of hydrogen-bond acceptors (Lipinski definition) is 6. The maximum atomic E-state index is 12.1. The number of rotatable bonds is 66. The standard InChI is InChI=1S/3C24H51O2P.Co/c3*1-3-5-7-9-11-13-15-17-19-21-23-27(25,26)24-22-20-18-16-14-12-10-8-6-4-2;/h3*3-24H2,1-2H3,(H,25,26);/q;;;+3/p-3. The Morgan fingerprint density at radius 3 is 0.317 bits per heavy atom. The molecule has 0 aromatic heterocycles. The van der Waals surface area contributed by atoms with Gasteiger partial charge in [0.05, 0.1) is 0 Å². The van der Waals surface area contributed by atoms with E-state index in [0.717, 1.165) is 77.0 Å². The van der Waals surface area contributed by atoms with Crippen molar-refractivity contribution in [2.24, 2.45) is 0 Å². The molecule has 0 aromatic rings. The molecular formula is C72H150CoO6P3. The monoisotopic (exact) mass is 1260 g/mol. The van der Waals surface area contributed by atoms with E-state index in [1.54, 1.807) is 0 Å². The second kappa shape index (κ2) is 74.5. The summed E-state index contributed by atoms with van der Waals surface area (Å²) in [6.07, 6.45) is 78.4. The minimum Gasteiger partial charge on any atom is -0.799 e. The van der Waals surface area contributed by atoms with Gasteiger partial charge in [-0.05, 0) is 75.5 Å². The number of unbranched alkanes of at least 4 members (excludes halogenated alkanes) is 54. The van der Waals surface area contributed by atoms with Crippen molar-refractivity contribution in [3.63, 3.8) is 0 Å². The van der Waals surface area contributed by atoms with Crippen molar-refractivity contribution < 1.29 is 45.2 Å². The molecule has 0 aliphatic heterocycles. The minimum absolute atomic E-state index is 0. The summed E-state index contributed by atoms with van der Waals surface area (Å²) >= 11 is 0. The van der Waals surface area contributed by atoms with Crippen LogP contribution in [0.2, 0.25) is 0 Å². The average Bonchev–Trinajstić information content (AvgIpc) is 3.44. The van der Waals surface area contributed by atoms with E-state index in [1.807, 2.05) is 0 Å². The molecule has 498 valence electrons. The van der Waals surface area contributed by atoms with E-state index in [-0.39, 0.29) is 16.8 Å². The van der Waals surface area contributed by atoms with Crippen LogP contribution in [-0.4, -0.2) is 37.0 Å². The van der Waals surface area contributed by atoms with Crippen LogP contribution in [0, 0.1) is 0 Å². The van der Waals surface area contributed by atoms with Crippen molar-refractivity contribution in [3.05, 3.63) is 0 Å². The predicted octanol–water partition coefficient (Wildman–Crippen LogP) is 25.4. The van der Waals surface area contributed by atoms with Gasteiger partial charge in [-0.1, -0.05) is 388 Å². The fraction of sp³-hybridized carbons (Fsp3) is 1.00. The van der Waals surface area contributed by atoms with E-state index >= 15 is 0 Å². The summed E-state index contributed by atoms with van der Waals surface area (Å²) in [5.41, 5.74) is 0. The van der Waals surface area contributed by atoms with Crippen LogP contribution in [0.3, 0.4) is 0 Å². The zero-order valence-corrected chi connectivity index (χ0v) is 60.5. The Hall–Kier alpha value is 1.08. The van der Waals surface area contributed by atoms with Gasteiger partial charge in [-0.25, -0.2) is 0 Å². The quantitative estimate of drug-likeness (QED) is 0.0442. The Kier molecular flexibility index (Phi) is 81.4. The Morgan fingerprint density at radius 1 is 0.159 bits per heavy atom. The molecule has 0 saturated carbocycles. The third-order valence-corrected chi connectivity index (χ3v) is 23.1. The molecule has 0 bridgehead atoms. The van der Waals surface area contributed by atoms with Crippen LogP contribution in [0.25, 0.3) is 0 Å². The van der Waals surface area contributed by atoms with Crippen LogP contribution >= 0.6 is 22.1 Å². The molecule has 0 aliphatic carbocycles. The van der Waals surface area contributed by atoms with E-state index in [9.17, 15) is 28.4 Å². The topological polar surface area (TPSA) is 120 Å². The first-order valence-corrected chi connectivity index (χ1v) is 43.2. The third kappa shape index (κ3) is 83.1. The summed E-state index contributed by atoms with van der Waals surface area (Å²) in [4.78, 5) is 36.4. The zero-order valence-electron chi connectivity index (χ0n) is 56.8. The SMILES string of the molecule is CCCCCCCCCCCCP(=O)([O-])CCCCCCCCCCCC.CCCCCCCCCCCCP(=O)([O-])CCCCCCCCCCCC.CCCCCCCCCCCCP(=O)([O-])CCCCCCCCCCCC.[Co+3]. The van der Waals surface area contributed by atoms with Crippen molar-refractivity contribution in [1.82, 2.24) is 0 Å². The fourth-order valence-electron chi connectivity index (χ4n) is 11.4. The van der Waals surface area contributed by atoms with Gasteiger partial charge in [0.15, 0.2) is 0 Å². The summed E-state index contributed by atoms with van der Waals surface area (Å²) in [5, 5.41) is 0. The zero-order chi connectivity index (χ0) is 60.2. The van der Waals surface area contributed by atoms with Crippen LogP contribution in [0.15, 0.2) is 0 Å². The normalized spacial score (nSPS) is 11.8. The van der Waals surface area contributed by atoms with E-state index in [1.165, 1.54) is 308 Å². The summed E-state index contributed by atoms with van der Waals surface area (Å²) in [5.74, 6) is 0. The third-order valence-electron chi connectivity index (χ3n) is 17.1. The van der Waals surface area contributed by atoms with Gasteiger partial charge in [0, 0.05) is 22.1 Å². The molecule has 0 amide bonds. The molecule has 0 spiro atoms. The van der Waals surface area contributed by atoms with Crippen LogP contribution in [0.5, 0.6) is 0 Å². The molecule has 0 aromatic carbocycles. The summed E-state index contributed by atoms with van der Waals surface area (Å²) in [7, 11) is -9.27. The van der Waals surface area contributed by atoms with Gasteiger partial charge in [0.25, 0.3) is 0 Å². The molecular weight excluding hydrogens is 1110 g/mol. The summed E-state index contributed by atoms with van der Waals surface area (Å²) in [6.45, 7) is 13.5. The largest absolute Gasteiger partial charge is 3.00 e. The second-order valence-corrected chi connectivity index (χ2v) is 33.4. The molecule has 0 unspecified atom stereocenters. The van der Waals surface area contributed by atoms with Gasteiger partial charge in [0.1, 0.15) is 0 Å². The molecule has 0 fully saturated rings. The van der Waals surface area contributed by atoms with Gasteiger partial charge in [-0.15, -0.1) is 0 Å². The van der Waals surface area contributed by atoms with Crippen molar-refractivity contribution >= 4 is 22.1 Å². The molecule has 0 heterocycles. The predicted molar refractivity (Wildman–Crippen MR) is 363 cm³/mol. The molecule has 0 rings (SSSR count). The van der Waals surface area contributed by atoms with Crippen molar-refractivity contribution in [3.8, 4) is 0 Å². The molecule has 0 radical (unpaired) electrons. The first kappa shape index (κ1) is 89.5. The van der Waals surface area contributed by atoms with E-state index in [4.69, 9.17) is 0 Å². The van der Waals surface area contributed by atoms with E-state index < -0.39 is 22.1 Å². The Bertz CT molecular complexity index is 1070. The molecule has 6 nitrogen and oxygen atoms in total. The Labute approximate surface area is 527 Å². The Morgan fingerprint density at radius 2 is 0.232 bits per heavy atom. The molecule has 0 saturated heterocycles. The fourth-order valence-corrected chi connectivity index (χ4v) is 16.3. The van der Waals surface area contributed by atoms with Crippen LogP contribution < -0.4 is 14.7 Å². The van der Waals surface area contributed by atoms with E-state index in [2.05, 4.69) is 41.5 Å². The van der Waals surface area contributed by atoms with E-state index in [0.29, 0.717) is 37.0 Å². The van der Waals surface area contributed by atoms with Gasteiger partial charge in [0.2, 0.25) is 0 Å². The molecule has 0 N–H and O–H groups in total. The second-order valence-electron chi connectivity index (χ2n) is 25.9. The van der Waals surface area contributed by atoms with Crippen molar-refractivity contribution in [1.29, 1.82) is 0 Å². The average molecular weight is 1260 g/mol. The molecule has 0 atom stereocenters. The molecule has 10 heteroatoms. The van der Waals surface area contributed by atoms with Crippen LogP contribution in [0.1, 0.15) is 427 Å². The van der Waals surface area contributed by atoms with Crippen LogP contribution in [-0.2, 0) is 30.5 Å². The molecule has 0 aliphatic rings. The van der Waals surface area contributed by atoms with Crippen LogP contribution in [0.4, 0.5) is 0 Å². The van der Waals surface area contributed by atoms with Gasteiger partial charge in [-0.3, -0.25) is 0 Å². The molecule has 82 heavy (non-hydrogen) atoms. The van der Waals surface area contributed by atoms with Gasteiger partial charge in [-0.2, -0.15) is 0 Å². The minimum atomic E-state index is -3.09. The van der Waals surface area contributed by atoms with Crippen molar-refractivity contribution in [2.75, 3.05) is 37.0 Å².